The van der Waals surface area contributed by atoms with Gasteiger partial charge in [-0.2, -0.15) is 0 Å². The van der Waals surface area contributed by atoms with Crippen molar-refractivity contribution in [1.29, 1.82) is 0 Å². The predicted octanol–water partition coefficient (Wildman–Crippen LogP) is 2.60. The van der Waals surface area contributed by atoms with Crippen LogP contribution in [0.4, 0.5) is 0 Å². The molecule has 2 aromatic rings. The molecule has 2 aliphatic heterocycles. The highest BCUT2D eigenvalue weighted by Gasteiger charge is 2.20. The SMILES string of the molecule is c1csc(CN2CCc3ncc(CN4CCCC4)n3CC2)c1. The average molecular weight is 316 g/mol. The normalized spacial score (nSPS) is 20.2. The largest absolute Gasteiger partial charge is 0.329 e. The lowest BCUT2D eigenvalue weighted by atomic mass is 10.3. The van der Waals surface area contributed by atoms with E-state index in [4.69, 9.17) is 4.98 Å². The highest BCUT2D eigenvalue weighted by molar-refractivity contribution is 7.09. The maximum atomic E-state index is 4.70. The number of thiophene rings is 1. The van der Waals surface area contributed by atoms with Gasteiger partial charge in [0.25, 0.3) is 0 Å². The third kappa shape index (κ3) is 3.12. The molecule has 0 unspecified atom stereocenters. The van der Waals surface area contributed by atoms with Crippen molar-refractivity contribution in [2.45, 2.75) is 38.9 Å². The van der Waals surface area contributed by atoms with E-state index >= 15 is 0 Å². The minimum atomic E-state index is 1.07. The Bertz CT molecular complexity index is 598. The number of fused-ring (bicyclic) bond motifs is 1. The lowest BCUT2D eigenvalue weighted by Crippen LogP contribution is -2.26. The van der Waals surface area contributed by atoms with Gasteiger partial charge in [0.1, 0.15) is 5.82 Å². The molecule has 0 aromatic carbocycles. The Labute approximate surface area is 136 Å². The molecule has 0 aliphatic carbocycles. The molecule has 2 aromatic heterocycles. The molecule has 4 rings (SSSR count). The van der Waals surface area contributed by atoms with E-state index in [1.807, 2.05) is 11.3 Å². The maximum Gasteiger partial charge on any atom is 0.110 e. The number of hydrogen-bond donors (Lipinski definition) is 0. The second-order valence-corrected chi connectivity index (χ2v) is 7.44. The number of imidazole rings is 1. The third-order valence-electron chi connectivity index (χ3n) is 4.86. The molecule has 0 amide bonds. The Kier molecular flexibility index (Phi) is 4.28. The molecule has 0 saturated carbocycles. The highest BCUT2D eigenvalue weighted by Crippen LogP contribution is 2.18. The summed E-state index contributed by atoms with van der Waals surface area (Å²) in [6.07, 6.45) is 5.90. The summed E-state index contributed by atoms with van der Waals surface area (Å²) < 4.78 is 2.48. The minimum absolute atomic E-state index is 1.07. The minimum Gasteiger partial charge on any atom is -0.329 e. The molecular weight excluding hydrogens is 292 g/mol. The highest BCUT2D eigenvalue weighted by atomic mass is 32.1. The van der Waals surface area contributed by atoms with Gasteiger partial charge in [0, 0.05) is 50.2 Å². The fourth-order valence-electron chi connectivity index (χ4n) is 3.61. The van der Waals surface area contributed by atoms with Crippen LogP contribution in [-0.2, 0) is 26.1 Å². The van der Waals surface area contributed by atoms with Gasteiger partial charge in [-0.05, 0) is 37.4 Å². The zero-order valence-electron chi connectivity index (χ0n) is 13.1. The van der Waals surface area contributed by atoms with E-state index in [0.29, 0.717) is 0 Å². The lowest BCUT2D eigenvalue weighted by Gasteiger charge is -2.19. The summed E-state index contributed by atoms with van der Waals surface area (Å²) in [5, 5.41) is 2.17. The van der Waals surface area contributed by atoms with Crippen LogP contribution in [0.1, 0.15) is 29.2 Å². The molecule has 0 radical (unpaired) electrons. The summed E-state index contributed by atoms with van der Waals surface area (Å²) in [5.74, 6) is 1.28. The van der Waals surface area contributed by atoms with Crippen LogP contribution in [0.15, 0.2) is 23.7 Å². The van der Waals surface area contributed by atoms with Gasteiger partial charge in [0.2, 0.25) is 0 Å². The lowest BCUT2D eigenvalue weighted by molar-refractivity contribution is 0.270. The standard InChI is InChI=1S/C17H24N4S/c1-2-7-19(6-1)13-15-12-18-17-5-8-20(9-10-21(15)17)14-16-4-3-11-22-16/h3-4,11-12H,1-2,5-10,13-14H2. The summed E-state index contributed by atoms with van der Waals surface area (Å²) in [4.78, 5) is 11.3. The van der Waals surface area contributed by atoms with E-state index in [0.717, 1.165) is 39.1 Å². The van der Waals surface area contributed by atoms with Gasteiger partial charge in [0.05, 0.1) is 5.69 Å². The molecule has 4 heterocycles. The van der Waals surface area contributed by atoms with Crippen molar-refractivity contribution in [3.8, 4) is 0 Å². The monoisotopic (exact) mass is 316 g/mol. The van der Waals surface area contributed by atoms with E-state index in [1.54, 1.807) is 0 Å². The molecule has 0 atom stereocenters. The number of aromatic nitrogens is 2. The van der Waals surface area contributed by atoms with Crippen molar-refractivity contribution >= 4 is 11.3 Å². The van der Waals surface area contributed by atoms with E-state index in [-0.39, 0.29) is 0 Å². The first-order chi connectivity index (χ1) is 10.9. The first-order valence-corrected chi connectivity index (χ1v) is 9.27. The topological polar surface area (TPSA) is 24.3 Å². The number of likely N-dealkylation sites (tertiary alicyclic amines) is 1. The van der Waals surface area contributed by atoms with Gasteiger partial charge < -0.3 is 4.57 Å². The third-order valence-corrected chi connectivity index (χ3v) is 5.72. The zero-order valence-corrected chi connectivity index (χ0v) is 13.9. The van der Waals surface area contributed by atoms with Crippen molar-refractivity contribution in [1.82, 2.24) is 19.4 Å². The second kappa shape index (κ2) is 6.52. The van der Waals surface area contributed by atoms with Crippen LogP contribution in [0.2, 0.25) is 0 Å². The van der Waals surface area contributed by atoms with Crippen molar-refractivity contribution in [2.75, 3.05) is 26.2 Å². The molecule has 0 spiro atoms. The Morgan fingerprint density at radius 3 is 2.68 bits per heavy atom. The Morgan fingerprint density at radius 2 is 1.86 bits per heavy atom. The van der Waals surface area contributed by atoms with Gasteiger partial charge in [-0.1, -0.05) is 6.07 Å². The summed E-state index contributed by atoms with van der Waals surface area (Å²) in [5.41, 5.74) is 1.41. The molecule has 0 bridgehead atoms. The number of hydrogen-bond acceptors (Lipinski definition) is 4. The smallest absolute Gasteiger partial charge is 0.110 e. The molecular formula is C17H24N4S. The predicted molar refractivity (Wildman–Crippen MR) is 90.0 cm³/mol. The maximum absolute atomic E-state index is 4.70. The molecule has 118 valence electrons. The number of nitrogens with zero attached hydrogens (tertiary/aromatic N) is 4. The molecule has 22 heavy (non-hydrogen) atoms. The van der Waals surface area contributed by atoms with Gasteiger partial charge in [-0.3, -0.25) is 9.80 Å². The zero-order chi connectivity index (χ0) is 14.8. The van der Waals surface area contributed by atoms with E-state index in [1.165, 1.54) is 42.3 Å². The van der Waals surface area contributed by atoms with E-state index in [9.17, 15) is 0 Å². The van der Waals surface area contributed by atoms with Crippen LogP contribution in [-0.4, -0.2) is 45.5 Å². The van der Waals surface area contributed by atoms with Gasteiger partial charge in [-0.25, -0.2) is 4.98 Å². The summed E-state index contributed by atoms with van der Waals surface area (Å²) in [6.45, 7) is 8.02. The molecule has 0 N–H and O–H groups in total. The summed E-state index contributed by atoms with van der Waals surface area (Å²) in [7, 11) is 0. The van der Waals surface area contributed by atoms with Gasteiger partial charge >= 0.3 is 0 Å². The molecule has 1 fully saturated rings. The quantitative estimate of drug-likeness (QED) is 0.866. The fourth-order valence-corrected chi connectivity index (χ4v) is 4.36. The van der Waals surface area contributed by atoms with Gasteiger partial charge in [-0.15, -0.1) is 11.3 Å². The van der Waals surface area contributed by atoms with E-state index < -0.39 is 0 Å². The Balaban J connectivity index is 1.42. The van der Waals surface area contributed by atoms with Crippen LogP contribution in [0.25, 0.3) is 0 Å². The summed E-state index contributed by atoms with van der Waals surface area (Å²) in [6, 6.07) is 4.39. The molecule has 1 saturated heterocycles. The first-order valence-electron chi connectivity index (χ1n) is 8.39. The van der Waals surface area contributed by atoms with Crippen LogP contribution >= 0.6 is 11.3 Å². The van der Waals surface area contributed by atoms with Crippen molar-refractivity contribution in [3.05, 3.63) is 40.1 Å². The molecule has 2 aliphatic rings. The molecule has 5 heteroatoms. The second-order valence-electron chi connectivity index (χ2n) is 6.41. The number of rotatable bonds is 4. The Morgan fingerprint density at radius 1 is 1.00 bits per heavy atom. The van der Waals surface area contributed by atoms with Crippen LogP contribution in [0.3, 0.4) is 0 Å². The van der Waals surface area contributed by atoms with Crippen molar-refractivity contribution in [2.24, 2.45) is 0 Å². The fraction of sp³-hybridized carbons (Fsp3) is 0.588. The van der Waals surface area contributed by atoms with Gasteiger partial charge in [0.15, 0.2) is 0 Å². The van der Waals surface area contributed by atoms with Crippen molar-refractivity contribution < 1.29 is 0 Å². The molecule has 4 nitrogen and oxygen atoms in total. The van der Waals surface area contributed by atoms with Crippen LogP contribution < -0.4 is 0 Å². The van der Waals surface area contributed by atoms with Crippen molar-refractivity contribution in [3.63, 3.8) is 0 Å². The Hall–Kier alpha value is -1.17. The summed E-state index contributed by atoms with van der Waals surface area (Å²) >= 11 is 1.86. The first kappa shape index (κ1) is 14.4. The van der Waals surface area contributed by atoms with Crippen LogP contribution in [0, 0.1) is 0 Å². The van der Waals surface area contributed by atoms with E-state index in [2.05, 4.69) is 38.1 Å². The van der Waals surface area contributed by atoms with Crippen LogP contribution in [0.5, 0.6) is 0 Å². The average Bonchev–Trinajstić information content (AvgIpc) is 3.24.